The van der Waals surface area contributed by atoms with Crippen molar-refractivity contribution in [1.82, 2.24) is 9.80 Å². The summed E-state index contributed by atoms with van der Waals surface area (Å²) in [5.74, 6) is 0.791. The summed E-state index contributed by atoms with van der Waals surface area (Å²) in [7, 11) is 2.14. The van der Waals surface area contributed by atoms with Gasteiger partial charge >= 0.3 is 0 Å². The number of hydrogen-bond acceptors (Lipinski definition) is 2. The topological polar surface area (TPSA) is 23.6 Å². The van der Waals surface area contributed by atoms with Crippen LogP contribution in [-0.2, 0) is 4.79 Å². The van der Waals surface area contributed by atoms with Crippen molar-refractivity contribution in [3.8, 4) is 0 Å². The van der Waals surface area contributed by atoms with Crippen LogP contribution in [0.1, 0.15) is 19.8 Å². The molecule has 0 aliphatic carbocycles. The Hall–Kier alpha value is -0.280. The first-order chi connectivity index (χ1) is 7.17. The Bertz CT molecular complexity index is 211. The van der Waals surface area contributed by atoms with E-state index < -0.39 is 0 Å². The molecule has 1 amide bonds. The minimum Gasteiger partial charge on any atom is -0.342 e. The van der Waals surface area contributed by atoms with E-state index in [0.29, 0.717) is 5.92 Å². The van der Waals surface area contributed by atoms with Crippen molar-refractivity contribution in [2.24, 2.45) is 5.92 Å². The van der Waals surface area contributed by atoms with Crippen LogP contribution in [0.25, 0.3) is 0 Å². The highest BCUT2D eigenvalue weighted by Gasteiger charge is 2.21. The van der Waals surface area contributed by atoms with Gasteiger partial charge in [0.15, 0.2) is 0 Å². The molecular formula is C11H21ClN2O. The van der Waals surface area contributed by atoms with Crippen LogP contribution in [0.15, 0.2) is 0 Å². The van der Waals surface area contributed by atoms with Crippen molar-refractivity contribution < 1.29 is 4.79 Å². The highest BCUT2D eigenvalue weighted by Crippen LogP contribution is 2.16. The number of hydrogen-bond donors (Lipinski definition) is 0. The smallest absolute Gasteiger partial charge is 0.237 e. The van der Waals surface area contributed by atoms with Crippen molar-refractivity contribution in [3.05, 3.63) is 0 Å². The molecule has 1 rings (SSSR count). The zero-order valence-electron chi connectivity index (χ0n) is 9.71. The molecule has 0 saturated carbocycles. The Morgan fingerprint density at radius 2 is 2.33 bits per heavy atom. The van der Waals surface area contributed by atoms with E-state index in [-0.39, 0.29) is 11.8 Å². The van der Waals surface area contributed by atoms with Gasteiger partial charge in [0.2, 0.25) is 5.91 Å². The van der Waals surface area contributed by atoms with Crippen LogP contribution in [-0.4, -0.2) is 54.8 Å². The van der Waals surface area contributed by atoms with Crippen molar-refractivity contribution in [2.75, 3.05) is 39.1 Å². The molecule has 4 heteroatoms. The van der Waals surface area contributed by atoms with E-state index >= 15 is 0 Å². The van der Waals surface area contributed by atoms with Crippen LogP contribution in [0.3, 0.4) is 0 Å². The lowest BCUT2D eigenvalue weighted by atomic mass is 9.98. The lowest BCUT2D eigenvalue weighted by molar-refractivity contribution is -0.129. The third-order valence-electron chi connectivity index (χ3n) is 3.05. The molecule has 0 radical (unpaired) electrons. The molecule has 0 aromatic carbocycles. The largest absolute Gasteiger partial charge is 0.342 e. The number of carbonyl (C=O) groups is 1. The van der Waals surface area contributed by atoms with Gasteiger partial charge in [0, 0.05) is 19.6 Å². The fraction of sp³-hybridized carbons (Fsp3) is 0.909. The SMILES string of the molecule is CCN(C[C@@H]1CCCN(C)C1)C(=O)CCl. The molecule has 3 nitrogen and oxygen atoms in total. The second-order valence-electron chi connectivity index (χ2n) is 4.34. The van der Waals surface area contributed by atoms with E-state index in [0.717, 1.165) is 19.6 Å². The maximum Gasteiger partial charge on any atom is 0.237 e. The molecule has 0 spiro atoms. The van der Waals surface area contributed by atoms with E-state index in [2.05, 4.69) is 11.9 Å². The average Bonchev–Trinajstić information content (AvgIpc) is 2.25. The summed E-state index contributed by atoms with van der Waals surface area (Å²) in [6, 6.07) is 0. The Kier molecular flexibility index (Phi) is 5.40. The van der Waals surface area contributed by atoms with Crippen LogP contribution in [0.5, 0.6) is 0 Å². The van der Waals surface area contributed by atoms with Crippen LogP contribution in [0.2, 0.25) is 0 Å². The number of carbonyl (C=O) groups excluding carboxylic acids is 1. The molecule has 0 aromatic heterocycles. The zero-order valence-corrected chi connectivity index (χ0v) is 10.5. The summed E-state index contributed by atoms with van der Waals surface area (Å²) >= 11 is 5.57. The molecule has 88 valence electrons. The maximum absolute atomic E-state index is 11.5. The summed E-state index contributed by atoms with van der Waals surface area (Å²) in [6.45, 7) is 5.94. The minimum absolute atomic E-state index is 0.0624. The van der Waals surface area contributed by atoms with E-state index in [1.807, 2.05) is 11.8 Å². The third kappa shape index (κ3) is 3.99. The number of amides is 1. The molecule has 0 N–H and O–H groups in total. The third-order valence-corrected chi connectivity index (χ3v) is 3.28. The predicted octanol–water partition coefficient (Wildman–Crippen LogP) is 1.42. The second kappa shape index (κ2) is 6.33. The van der Waals surface area contributed by atoms with E-state index in [1.54, 1.807) is 0 Å². The fourth-order valence-electron chi connectivity index (χ4n) is 2.23. The van der Waals surface area contributed by atoms with Crippen LogP contribution >= 0.6 is 11.6 Å². The molecule has 1 fully saturated rings. The summed E-state index contributed by atoms with van der Waals surface area (Å²) in [5, 5.41) is 0. The van der Waals surface area contributed by atoms with Crippen molar-refractivity contribution >= 4 is 17.5 Å². The summed E-state index contributed by atoms with van der Waals surface area (Å²) in [4.78, 5) is 15.7. The van der Waals surface area contributed by atoms with Gasteiger partial charge in [0.05, 0.1) is 0 Å². The lowest BCUT2D eigenvalue weighted by Gasteiger charge is -2.33. The maximum atomic E-state index is 11.5. The Labute approximate surface area is 97.4 Å². The van der Waals surface area contributed by atoms with Gasteiger partial charge in [-0.15, -0.1) is 11.6 Å². The highest BCUT2D eigenvalue weighted by atomic mass is 35.5. The molecule has 1 saturated heterocycles. The van der Waals surface area contributed by atoms with Crippen LogP contribution in [0, 0.1) is 5.92 Å². The predicted molar refractivity (Wildman–Crippen MR) is 63.2 cm³/mol. The number of halogens is 1. The number of piperidine rings is 1. The van der Waals surface area contributed by atoms with Crippen LogP contribution < -0.4 is 0 Å². The van der Waals surface area contributed by atoms with Gasteiger partial charge in [0.1, 0.15) is 5.88 Å². The quantitative estimate of drug-likeness (QED) is 0.685. The lowest BCUT2D eigenvalue weighted by Crippen LogP contribution is -2.42. The first-order valence-electron chi connectivity index (χ1n) is 5.69. The van der Waals surface area contributed by atoms with E-state index in [4.69, 9.17) is 11.6 Å². The molecule has 1 atom stereocenters. The fourth-order valence-corrected chi connectivity index (χ4v) is 2.39. The van der Waals surface area contributed by atoms with Gasteiger partial charge in [-0.1, -0.05) is 0 Å². The molecule has 0 bridgehead atoms. The summed E-state index contributed by atoms with van der Waals surface area (Å²) in [6.07, 6.45) is 2.48. The monoisotopic (exact) mass is 232 g/mol. The number of likely N-dealkylation sites (tertiary alicyclic amines) is 1. The van der Waals surface area contributed by atoms with Crippen molar-refractivity contribution in [3.63, 3.8) is 0 Å². The first kappa shape index (κ1) is 12.8. The number of rotatable bonds is 4. The van der Waals surface area contributed by atoms with E-state index in [1.165, 1.54) is 19.4 Å². The molecule has 0 aromatic rings. The Balaban J connectivity index is 2.40. The van der Waals surface area contributed by atoms with Gasteiger partial charge in [-0.2, -0.15) is 0 Å². The zero-order chi connectivity index (χ0) is 11.3. The van der Waals surface area contributed by atoms with Crippen molar-refractivity contribution in [1.29, 1.82) is 0 Å². The molecular weight excluding hydrogens is 212 g/mol. The average molecular weight is 233 g/mol. The Morgan fingerprint density at radius 3 is 2.87 bits per heavy atom. The van der Waals surface area contributed by atoms with Gasteiger partial charge in [0.25, 0.3) is 0 Å². The molecule has 1 heterocycles. The van der Waals surface area contributed by atoms with Crippen molar-refractivity contribution in [2.45, 2.75) is 19.8 Å². The van der Waals surface area contributed by atoms with Crippen LogP contribution in [0.4, 0.5) is 0 Å². The normalized spacial score (nSPS) is 22.7. The van der Waals surface area contributed by atoms with E-state index in [9.17, 15) is 4.79 Å². The molecule has 15 heavy (non-hydrogen) atoms. The van der Waals surface area contributed by atoms with Gasteiger partial charge in [-0.3, -0.25) is 4.79 Å². The summed E-state index contributed by atoms with van der Waals surface area (Å²) in [5.41, 5.74) is 0. The second-order valence-corrected chi connectivity index (χ2v) is 4.60. The number of alkyl halides is 1. The first-order valence-corrected chi connectivity index (χ1v) is 6.23. The summed E-state index contributed by atoms with van der Waals surface area (Å²) < 4.78 is 0. The highest BCUT2D eigenvalue weighted by molar-refractivity contribution is 6.27. The molecule has 0 unspecified atom stereocenters. The molecule has 1 aliphatic heterocycles. The standard InChI is InChI=1S/C11H21ClN2O/c1-3-14(11(15)7-12)9-10-5-4-6-13(2)8-10/h10H,3-9H2,1-2H3/t10-/m1/s1. The Morgan fingerprint density at radius 1 is 1.60 bits per heavy atom. The van der Waals surface area contributed by atoms with Gasteiger partial charge < -0.3 is 9.80 Å². The number of nitrogens with zero attached hydrogens (tertiary/aromatic N) is 2. The minimum atomic E-state index is 0.0624. The van der Waals surface area contributed by atoms with Gasteiger partial charge in [-0.05, 0) is 39.3 Å². The van der Waals surface area contributed by atoms with Gasteiger partial charge in [-0.25, -0.2) is 0 Å². The molecule has 1 aliphatic rings.